The highest BCUT2D eigenvalue weighted by atomic mass is 35.5. The van der Waals surface area contributed by atoms with E-state index in [1.165, 1.54) is 38.2 Å². The maximum absolute atomic E-state index is 13.6. The fourth-order valence-corrected chi connectivity index (χ4v) is 4.00. The lowest BCUT2D eigenvalue weighted by Gasteiger charge is -2.41. The largest absolute Gasteiger partial charge is 0.505 e. The lowest BCUT2D eigenvalue weighted by molar-refractivity contribution is 0.101. The molecule has 1 aromatic carbocycles. The average Bonchev–Trinajstić information content (AvgIpc) is 2.57. The summed E-state index contributed by atoms with van der Waals surface area (Å²) in [6.45, 7) is 3.83. The summed E-state index contributed by atoms with van der Waals surface area (Å²) in [4.78, 5) is 2.43. The van der Waals surface area contributed by atoms with Gasteiger partial charge in [0.25, 0.3) is 0 Å². The third-order valence-electron chi connectivity index (χ3n) is 5.16. The molecule has 2 aliphatic rings. The Balaban J connectivity index is 0.00000144. The second kappa shape index (κ2) is 9.66. The number of piperazine rings is 1. The molecule has 1 aromatic rings. The van der Waals surface area contributed by atoms with Crippen LogP contribution >= 0.6 is 24.8 Å². The number of aromatic hydroxyl groups is 1. The summed E-state index contributed by atoms with van der Waals surface area (Å²) >= 11 is 0. The number of hydrogen-bond donors (Lipinski definition) is 3. The van der Waals surface area contributed by atoms with E-state index in [0.717, 1.165) is 31.7 Å². The molecule has 3 rings (SSSR count). The molecular weight excluding hydrogens is 352 g/mol. The number of halogens is 3. The molecule has 1 aliphatic heterocycles. The molecule has 0 amide bonds. The van der Waals surface area contributed by atoms with Crippen molar-refractivity contribution in [1.82, 2.24) is 10.2 Å². The highest BCUT2D eigenvalue weighted by Gasteiger charge is 2.33. The van der Waals surface area contributed by atoms with Crippen molar-refractivity contribution in [3.05, 3.63) is 23.5 Å². The van der Waals surface area contributed by atoms with Gasteiger partial charge in [-0.05, 0) is 24.8 Å². The second-order valence-corrected chi connectivity index (χ2v) is 6.53. The van der Waals surface area contributed by atoms with Gasteiger partial charge in [0.05, 0.1) is 0 Å². The van der Waals surface area contributed by atoms with Crippen LogP contribution in [-0.2, 0) is 0 Å². The molecule has 138 valence electrons. The van der Waals surface area contributed by atoms with Crippen LogP contribution in [0.1, 0.15) is 43.7 Å². The van der Waals surface area contributed by atoms with Gasteiger partial charge in [0.2, 0.25) is 0 Å². The zero-order valence-corrected chi connectivity index (χ0v) is 15.5. The fourth-order valence-electron chi connectivity index (χ4n) is 4.00. The van der Waals surface area contributed by atoms with Crippen molar-refractivity contribution in [2.45, 2.75) is 38.1 Å². The van der Waals surface area contributed by atoms with Crippen LogP contribution in [0.5, 0.6) is 5.75 Å². The van der Waals surface area contributed by atoms with Crippen LogP contribution in [0.3, 0.4) is 0 Å². The van der Waals surface area contributed by atoms with Crippen LogP contribution in [0.25, 0.3) is 0 Å². The van der Waals surface area contributed by atoms with Crippen LogP contribution in [0, 0.1) is 11.7 Å². The minimum atomic E-state index is -0.538. The molecule has 0 spiro atoms. The minimum Gasteiger partial charge on any atom is -0.505 e. The van der Waals surface area contributed by atoms with Crippen molar-refractivity contribution in [3.8, 4) is 5.75 Å². The summed E-state index contributed by atoms with van der Waals surface area (Å²) in [5.74, 6) is -0.0827. The van der Waals surface area contributed by atoms with Gasteiger partial charge >= 0.3 is 0 Å². The van der Waals surface area contributed by atoms with E-state index >= 15 is 0 Å². The SMILES string of the molecule is Cl.Cl.Nc1c(F)ccc([C@@H](C2CCCCC2)N2CCNCC2)c1O. The van der Waals surface area contributed by atoms with E-state index in [4.69, 9.17) is 5.73 Å². The number of phenols is 1. The predicted molar refractivity (Wildman–Crippen MR) is 101 cm³/mol. The quantitative estimate of drug-likeness (QED) is 0.555. The van der Waals surface area contributed by atoms with E-state index in [2.05, 4.69) is 10.2 Å². The van der Waals surface area contributed by atoms with Crippen LogP contribution in [0.2, 0.25) is 0 Å². The lowest BCUT2D eigenvalue weighted by Crippen LogP contribution is -2.47. The van der Waals surface area contributed by atoms with Gasteiger partial charge < -0.3 is 16.2 Å². The van der Waals surface area contributed by atoms with Crippen molar-refractivity contribution >= 4 is 30.5 Å². The number of nitrogens with one attached hydrogen (secondary N) is 1. The number of phenolic OH excluding ortho intramolecular Hbond substituents is 1. The normalized spacial score (nSPS) is 20.7. The maximum Gasteiger partial charge on any atom is 0.149 e. The third kappa shape index (κ3) is 4.45. The van der Waals surface area contributed by atoms with Gasteiger partial charge in [0.15, 0.2) is 0 Å². The molecule has 0 bridgehead atoms. The molecule has 1 saturated carbocycles. The van der Waals surface area contributed by atoms with Gasteiger partial charge in [-0.1, -0.05) is 25.3 Å². The summed E-state index contributed by atoms with van der Waals surface area (Å²) in [5, 5.41) is 13.8. The monoisotopic (exact) mass is 379 g/mol. The smallest absolute Gasteiger partial charge is 0.149 e. The first-order valence-corrected chi connectivity index (χ1v) is 8.40. The number of nitrogens with two attached hydrogens (primary N) is 1. The lowest BCUT2D eigenvalue weighted by atomic mass is 9.79. The molecule has 2 fully saturated rings. The third-order valence-corrected chi connectivity index (χ3v) is 5.16. The van der Waals surface area contributed by atoms with Crippen molar-refractivity contribution < 1.29 is 9.50 Å². The van der Waals surface area contributed by atoms with E-state index in [0.29, 0.717) is 5.92 Å². The molecule has 4 N–H and O–H groups in total. The molecule has 1 aliphatic carbocycles. The zero-order chi connectivity index (χ0) is 15.5. The fraction of sp³-hybridized carbons (Fsp3) is 0.647. The number of anilines is 1. The first-order valence-electron chi connectivity index (χ1n) is 8.40. The summed E-state index contributed by atoms with van der Waals surface area (Å²) in [6, 6.07) is 3.26. The molecule has 0 aromatic heterocycles. The second-order valence-electron chi connectivity index (χ2n) is 6.53. The van der Waals surface area contributed by atoms with E-state index in [1.807, 2.05) is 0 Å². The van der Waals surface area contributed by atoms with Gasteiger partial charge in [0, 0.05) is 37.8 Å². The minimum absolute atomic E-state index is 0. The standard InChI is InChI=1S/C17H26FN3O.2ClH/c18-14-7-6-13(17(22)15(14)19)16(12-4-2-1-3-5-12)21-10-8-20-9-11-21;;/h6-7,12,16,20,22H,1-5,8-11,19H2;2*1H/t16-;;/m1../s1. The topological polar surface area (TPSA) is 61.5 Å². The Labute approximate surface area is 155 Å². The summed E-state index contributed by atoms with van der Waals surface area (Å²) in [6.07, 6.45) is 6.12. The Kier molecular flexibility index (Phi) is 8.57. The van der Waals surface area contributed by atoms with E-state index < -0.39 is 5.82 Å². The summed E-state index contributed by atoms with van der Waals surface area (Å²) in [5.41, 5.74) is 6.41. The molecule has 7 heteroatoms. The number of hydrogen-bond acceptors (Lipinski definition) is 4. The van der Waals surface area contributed by atoms with Crippen LogP contribution < -0.4 is 11.1 Å². The molecule has 1 saturated heterocycles. The highest BCUT2D eigenvalue weighted by molar-refractivity contribution is 5.85. The summed E-state index contributed by atoms with van der Waals surface area (Å²) in [7, 11) is 0. The van der Waals surface area contributed by atoms with Crippen LogP contribution in [0.15, 0.2) is 12.1 Å². The van der Waals surface area contributed by atoms with Crippen LogP contribution in [-0.4, -0.2) is 36.2 Å². The molecule has 1 heterocycles. The van der Waals surface area contributed by atoms with Gasteiger partial charge in [-0.2, -0.15) is 0 Å². The maximum atomic E-state index is 13.6. The van der Waals surface area contributed by atoms with Gasteiger partial charge in [0.1, 0.15) is 17.3 Å². The zero-order valence-electron chi connectivity index (χ0n) is 13.8. The van der Waals surface area contributed by atoms with Gasteiger partial charge in [-0.3, -0.25) is 4.90 Å². The molecule has 0 radical (unpaired) electrons. The van der Waals surface area contributed by atoms with Crippen molar-refractivity contribution in [2.75, 3.05) is 31.9 Å². The molecule has 24 heavy (non-hydrogen) atoms. The van der Waals surface area contributed by atoms with Gasteiger partial charge in [-0.25, -0.2) is 4.39 Å². The number of benzene rings is 1. The number of rotatable bonds is 3. The first kappa shape index (κ1) is 21.3. The average molecular weight is 380 g/mol. The molecular formula is C17H28Cl2FN3O. The van der Waals surface area contributed by atoms with Crippen LogP contribution in [0.4, 0.5) is 10.1 Å². The molecule has 1 atom stereocenters. The summed E-state index contributed by atoms with van der Waals surface area (Å²) < 4.78 is 13.6. The molecule has 4 nitrogen and oxygen atoms in total. The van der Waals surface area contributed by atoms with Gasteiger partial charge in [-0.15, -0.1) is 24.8 Å². The number of nitrogens with zero attached hydrogens (tertiary/aromatic N) is 1. The molecule has 0 unspecified atom stereocenters. The Hall–Kier alpha value is -0.750. The van der Waals surface area contributed by atoms with E-state index in [9.17, 15) is 9.50 Å². The van der Waals surface area contributed by atoms with E-state index in [1.54, 1.807) is 6.07 Å². The Morgan fingerprint density at radius 3 is 2.38 bits per heavy atom. The Morgan fingerprint density at radius 2 is 1.75 bits per heavy atom. The highest BCUT2D eigenvalue weighted by Crippen LogP contribution is 2.43. The van der Waals surface area contributed by atoms with Crippen molar-refractivity contribution in [3.63, 3.8) is 0 Å². The number of nitrogen functional groups attached to an aromatic ring is 1. The Bertz CT molecular complexity index is 503. The Morgan fingerprint density at radius 1 is 1.12 bits per heavy atom. The predicted octanol–water partition coefficient (Wildman–Crippen LogP) is 3.48. The van der Waals surface area contributed by atoms with E-state index in [-0.39, 0.29) is 42.3 Å². The van der Waals surface area contributed by atoms with Crippen molar-refractivity contribution in [2.24, 2.45) is 5.92 Å². The first-order chi connectivity index (χ1) is 10.7. The van der Waals surface area contributed by atoms with Crippen molar-refractivity contribution in [1.29, 1.82) is 0 Å².